The molecule has 0 fully saturated rings. The lowest BCUT2D eigenvalue weighted by Gasteiger charge is -2.09. The highest BCUT2D eigenvalue weighted by Gasteiger charge is 2.09. The van der Waals surface area contributed by atoms with E-state index in [4.69, 9.17) is 14.2 Å². The molecule has 2 rings (SSSR count). The fourth-order valence-electron chi connectivity index (χ4n) is 2.69. The first kappa shape index (κ1) is 25.4. The van der Waals surface area contributed by atoms with E-state index in [0.29, 0.717) is 22.9 Å². The predicted molar refractivity (Wildman–Crippen MR) is 122 cm³/mol. The molecule has 0 atom stereocenters. The van der Waals surface area contributed by atoms with Gasteiger partial charge in [-0.1, -0.05) is 0 Å². The molecule has 0 heterocycles. The third kappa shape index (κ3) is 9.86. The molecule has 176 valence electrons. The average molecular weight is 456 g/mol. The molecule has 0 aliphatic rings. The second-order valence-corrected chi connectivity index (χ2v) is 6.86. The first-order valence-corrected chi connectivity index (χ1v) is 10.7. The number of carbonyl (C=O) groups excluding carboxylic acids is 4. The molecule has 0 saturated carbocycles. The third-order valence-electron chi connectivity index (χ3n) is 4.23. The molecule has 2 amide bonds. The molecule has 0 saturated heterocycles. The fourth-order valence-corrected chi connectivity index (χ4v) is 2.69. The molecule has 0 aliphatic carbocycles. The van der Waals surface area contributed by atoms with E-state index in [1.807, 2.05) is 0 Å². The molecule has 2 N–H and O–H groups in total. The molecule has 33 heavy (non-hydrogen) atoms. The van der Waals surface area contributed by atoms with Gasteiger partial charge in [0, 0.05) is 24.2 Å². The predicted octanol–water partition coefficient (Wildman–Crippen LogP) is 4.04. The number of carbonyl (C=O) groups is 4. The van der Waals surface area contributed by atoms with Crippen molar-refractivity contribution >= 4 is 35.1 Å². The summed E-state index contributed by atoms with van der Waals surface area (Å²) in [5, 5.41) is 5.42. The van der Waals surface area contributed by atoms with Crippen molar-refractivity contribution in [2.75, 3.05) is 23.8 Å². The van der Waals surface area contributed by atoms with E-state index < -0.39 is 11.9 Å². The Morgan fingerprint density at radius 2 is 0.970 bits per heavy atom. The van der Waals surface area contributed by atoms with Crippen LogP contribution in [0, 0.1) is 0 Å². The monoisotopic (exact) mass is 456 g/mol. The van der Waals surface area contributed by atoms with Crippen LogP contribution in [0.3, 0.4) is 0 Å². The first-order chi connectivity index (χ1) is 15.9. The maximum absolute atomic E-state index is 11.9. The lowest BCUT2D eigenvalue weighted by molar-refractivity contribution is -0.144. The number of rotatable bonds is 12. The van der Waals surface area contributed by atoms with Gasteiger partial charge in [0.2, 0.25) is 11.8 Å². The van der Waals surface area contributed by atoms with Gasteiger partial charge < -0.3 is 24.8 Å². The summed E-state index contributed by atoms with van der Waals surface area (Å²) in [4.78, 5) is 46.4. The zero-order valence-corrected chi connectivity index (χ0v) is 18.7. The Hall–Kier alpha value is -3.88. The van der Waals surface area contributed by atoms with Crippen molar-refractivity contribution in [1.29, 1.82) is 0 Å². The minimum atomic E-state index is -0.404. The van der Waals surface area contributed by atoms with Crippen LogP contribution in [0.2, 0.25) is 0 Å². The van der Waals surface area contributed by atoms with Gasteiger partial charge in [0.15, 0.2) is 0 Å². The normalized spacial score (nSPS) is 10.1. The van der Waals surface area contributed by atoms with Gasteiger partial charge in [0.25, 0.3) is 0 Å². The molecule has 9 nitrogen and oxygen atoms in total. The largest absolute Gasteiger partial charge is 0.466 e. The molecule has 0 unspecified atom stereocenters. The summed E-state index contributed by atoms with van der Waals surface area (Å²) < 4.78 is 15.4. The van der Waals surface area contributed by atoms with Crippen molar-refractivity contribution in [3.8, 4) is 11.5 Å². The highest BCUT2D eigenvalue weighted by atomic mass is 16.5. The Labute approximate surface area is 192 Å². The Balaban J connectivity index is 1.79. The van der Waals surface area contributed by atoms with Gasteiger partial charge in [-0.05, 0) is 62.4 Å². The fraction of sp³-hybridized carbons (Fsp3) is 0.333. The number of ether oxygens (including phenoxy) is 3. The third-order valence-corrected chi connectivity index (χ3v) is 4.23. The highest BCUT2D eigenvalue weighted by Crippen LogP contribution is 2.24. The highest BCUT2D eigenvalue weighted by molar-refractivity contribution is 5.93. The maximum atomic E-state index is 11.9. The van der Waals surface area contributed by atoms with E-state index in [0.717, 1.165) is 0 Å². The minimum absolute atomic E-state index is 0.0305. The minimum Gasteiger partial charge on any atom is -0.466 e. The van der Waals surface area contributed by atoms with Crippen LogP contribution in [-0.2, 0) is 28.7 Å². The van der Waals surface area contributed by atoms with Crippen LogP contribution in [0.25, 0.3) is 0 Å². The van der Waals surface area contributed by atoms with Gasteiger partial charge in [-0.25, -0.2) is 0 Å². The molecule has 0 bridgehead atoms. The molecule has 2 aromatic carbocycles. The average Bonchev–Trinajstić information content (AvgIpc) is 2.79. The van der Waals surface area contributed by atoms with E-state index in [9.17, 15) is 19.2 Å². The van der Waals surface area contributed by atoms with Gasteiger partial charge in [-0.3, -0.25) is 19.2 Å². The zero-order valence-electron chi connectivity index (χ0n) is 18.7. The Morgan fingerprint density at radius 1 is 0.606 bits per heavy atom. The van der Waals surface area contributed by atoms with Gasteiger partial charge in [-0.15, -0.1) is 0 Å². The maximum Gasteiger partial charge on any atom is 0.306 e. The Bertz CT molecular complexity index is 863. The van der Waals surface area contributed by atoms with E-state index in [1.54, 1.807) is 62.4 Å². The molecule has 0 radical (unpaired) electrons. The van der Waals surface area contributed by atoms with Crippen molar-refractivity contribution in [3.05, 3.63) is 48.5 Å². The summed E-state index contributed by atoms with van der Waals surface area (Å²) in [6, 6.07) is 13.6. The Morgan fingerprint density at radius 3 is 1.30 bits per heavy atom. The molecule has 0 aliphatic heterocycles. The summed E-state index contributed by atoms with van der Waals surface area (Å²) in [5.41, 5.74) is 1.16. The lowest BCUT2D eigenvalue weighted by atomic mass is 10.2. The van der Waals surface area contributed by atoms with Crippen molar-refractivity contribution < 1.29 is 33.4 Å². The molecule has 2 aromatic rings. The number of hydrogen-bond acceptors (Lipinski definition) is 7. The lowest BCUT2D eigenvalue weighted by Crippen LogP contribution is -2.14. The standard InChI is InChI=1S/C24H28N2O7/c1-3-31-23(29)15-13-21(27)25-17-5-9-19(10-6-17)33-20-11-7-18(8-12-20)26-22(28)14-16-24(30)32-4-2/h5-12H,3-4,13-16H2,1-2H3,(H,25,27)(H,26,28). The van der Waals surface area contributed by atoms with E-state index in [2.05, 4.69) is 10.6 Å². The summed E-state index contributed by atoms with van der Waals surface area (Å²) in [5.74, 6) is -0.248. The molecular formula is C24H28N2O7. The van der Waals surface area contributed by atoms with Crippen LogP contribution in [0.15, 0.2) is 48.5 Å². The summed E-state index contributed by atoms with van der Waals surface area (Å²) in [6.45, 7) is 4.00. The molecule has 9 heteroatoms. The number of nitrogens with one attached hydrogen (secondary N) is 2. The van der Waals surface area contributed by atoms with Crippen LogP contribution in [0.4, 0.5) is 11.4 Å². The van der Waals surface area contributed by atoms with Crippen molar-refractivity contribution in [2.24, 2.45) is 0 Å². The van der Waals surface area contributed by atoms with Crippen molar-refractivity contribution in [3.63, 3.8) is 0 Å². The zero-order chi connectivity index (χ0) is 24.1. The van der Waals surface area contributed by atoms with Gasteiger partial charge >= 0.3 is 11.9 Å². The number of anilines is 2. The van der Waals surface area contributed by atoms with E-state index in [1.165, 1.54) is 0 Å². The van der Waals surface area contributed by atoms with E-state index >= 15 is 0 Å². The van der Waals surface area contributed by atoms with Crippen LogP contribution in [-0.4, -0.2) is 37.0 Å². The molecule has 0 aromatic heterocycles. The van der Waals surface area contributed by atoms with Gasteiger partial charge in [0.1, 0.15) is 11.5 Å². The van der Waals surface area contributed by atoms with Gasteiger partial charge in [0.05, 0.1) is 26.1 Å². The van der Waals surface area contributed by atoms with Crippen LogP contribution < -0.4 is 15.4 Å². The second-order valence-electron chi connectivity index (χ2n) is 6.86. The molecular weight excluding hydrogens is 428 g/mol. The SMILES string of the molecule is CCOC(=O)CCC(=O)Nc1ccc(Oc2ccc(NC(=O)CCC(=O)OCC)cc2)cc1. The second kappa shape index (κ2) is 13.5. The summed E-state index contributed by atoms with van der Waals surface area (Å²) in [6.07, 6.45) is 0.150. The topological polar surface area (TPSA) is 120 Å². The van der Waals surface area contributed by atoms with Crippen molar-refractivity contribution in [1.82, 2.24) is 0 Å². The smallest absolute Gasteiger partial charge is 0.306 e. The van der Waals surface area contributed by atoms with E-state index in [-0.39, 0.29) is 50.7 Å². The van der Waals surface area contributed by atoms with Crippen LogP contribution in [0.1, 0.15) is 39.5 Å². The molecule has 0 spiro atoms. The number of amides is 2. The first-order valence-electron chi connectivity index (χ1n) is 10.7. The Kier molecular flexibility index (Phi) is 10.4. The summed E-state index contributed by atoms with van der Waals surface area (Å²) >= 11 is 0. The number of hydrogen-bond donors (Lipinski definition) is 2. The number of esters is 2. The van der Waals surface area contributed by atoms with Gasteiger partial charge in [-0.2, -0.15) is 0 Å². The van der Waals surface area contributed by atoms with Crippen LogP contribution in [0.5, 0.6) is 11.5 Å². The number of benzene rings is 2. The summed E-state index contributed by atoms with van der Waals surface area (Å²) in [7, 11) is 0. The van der Waals surface area contributed by atoms with Crippen LogP contribution >= 0.6 is 0 Å². The van der Waals surface area contributed by atoms with Crippen molar-refractivity contribution in [2.45, 2.75) is 39.5 Å². The quantitative estimate of drug-likeness (QED) is 0.463.